The van der Waals surface area contributed by atoms with E-state index in [0.29, 0.717) is 31.0 Å². The van der Waals surface area contributed by atoms with Crippen LogP contribution in [0, 0.1) is 5.92 Å². The highest BCUT2D eigenvalue weighted by Crippen LogP contribution is 2.33. The third-order valence-electron chi connectivity index (χ3n) is 4.31. The molecule has 0 saturated carbocycles. The number of alkyl halides is 3. The number of fused-ring (bicyclic) bond motifs is 1. The first-order valence-electron chi connectivity index (χ1n) is 8.00. The zero-order valence-electron chi connectivity index (χ0n) is 13.3. The maximum atomic E-state index is 12.9. The second-order valence-electron chi connectivity index (χ2n) is 6.00. The number of likely N-dealkylation sites (tertiary alicyclic amines) is 1. The number of H-pyrrole nitrogens is 1. The molecule has 0 bridgehead atoms. The Morgan fingerprint density at radius 2 is 2.17 bits per heavy atom. The van der Waals surface area contributed by atoms with Gasteiger partial charge in [0, 0.05) is 30.1 Å². The summed E-state index contributed by atoms with van der Waals surface area (Å²) in [4.78, 5) is 16.8. The number of nitrogens with one attached hydrogen (secondary N) is 1. The molecule has 1 saturated heterocycles. The van der Waals surface area contributed by atoms with E-state index in [0.717, 1.165) is 10.9 Å². The number of hydrogen-bond acceptors (Lipinski definition) is 2. The summed E-state index contributed by atoms with van der Waals surface area (Å²) in [6, 6.07) is 7.08. The van der Waals surface area contributed by atoms with Crippen molar-refractivity contribution in [1.29, 1.82) is 0 Å². The minimum Gasteiger partial charge on any atom is -0.494 e. The van der Waals surface area contributed by atoms with Crippen LogP contribution in [0.4, 0.5) is 13.2 Å². The molecule has 130 valence electrons. The smallest absolute Gasteiger partial charge is 0.393 e. The molecular weight excluding hydrogens is 321 g/mol. The van der Waals surface area contributed by atoms with Gasteiger partial charge in [0.05, 0.1) is 12.5 Å². The van der Waals surface area contributed by atoms with Crippen LogP contribution in [0.25, 0.3) is 10.9 Å². The van der Waals surface area contributed by atoms with Crippen molar-refractivity contribution in [1.82, 2.24) is 9.88 Å². The number of ether oxygens (including phenoxy) is 1. The summed E-state index contributed by atoms with van der Waals surface area (Å²) in [6.45, 7) is 2.48. The predicted molar refractivity (Wildman–Crippen MR) is 84.2 cm³/mol. The number of carbonyl (C=O) groups is 1. The Hall–Kier alpha value is -2.18. The fraction of sp³-hybridized carbons (Fsp3) is 0.471. The summed E-state index contributed by atoms with van der Waals surface area (Å²) >= 11 is 0. The molecule has 2 heterocycles. The molecule has 24 heavy (non-hydrogen) atoms. The SMILES string of the molecule is CCOc1ccc2cc(C(=O)N3CCC[C@@H](C(F)(F)F)C3)[nH]c2c1. The number of halogens is 3. The topological polar surface area (TPSA) is 45.3 Å². The van der Waals surface area contributed by atoms with Gasteiger partial charge in [-0.2, -0.15) is 13.2 Å². The van der Waals surface area contributed by atoms with Crippen LogP contribution in [-0.4, -0.2) is 41.7 Å². The van der Waals surface area contributed by atoms with Crippen molar-refractivity contribution >= 4 is 16.8 Å². The zero-order valence-corrected chi connectivity index (χ0v) is 13.3. The molecule has 1 aromatic heterocycles. The van der Waals surface area contributed by atoms with Gasteiger partial charge in [0.2, 0.25) is 0 Å². The monoisotopic (exact) mass is 340 g/mol. The second kappa shape index (κ2) is 6.37. The largest absolute Gasteiger partial charge is 0.494 e. The van der Waals surface area contributed by atoms with Gasteiger partial charge in [0.15, 0.2) is 0 Å². The van der Waals surface area contributed by atoms with Gasteiger partial charge < -0.3 is 14.6 Å². The van der Waals surface area contributed by atoms with E-state index in [-0.39, 0.29) is 13.0 Å². The number of aromatic amines is 1. The molecule has 1 atom stereocenters. The normalized spacial score (nSPS) is 18.8. The van der Waals surface area contributed by atoms with Crippen molar-refractivity contribution < 1.29 is 22.7 Å². The quantitative estimate of drug-likeness (QED) is 0.918. The van der Waals surface area contributed by atoms with Crippen LogP contribution in [0.3, 0.4) is 0 Å². The van der Waals surface area contributed by atoms with E-state index in [4.69, 9.17) is 4.74 Å². The molecule has 1 fully saturated rings. The molecule has 1 aromatic carbocycles. The van der Waals surface area contributed by atoms with Crippen molar-refractivity contribution in [2.24, 2.45) is 5.92 Å². The minimum atomic E-state index is -4.26. The Kier molecular flexibility index (Phi) is 4.43. The molecule has 3 rings (SSSR count). The Morgan fingerprint density at radius 1 is 1.38 bits per heavy atom. The Balaban J connectivity index is 1.80. The lowest BCUT2D eigenvalue weighted by molar-refractivity contribution is -0.184. The second-order valence-corrected chi connectivity index (χ2v) is 6.00. The van der Waals surface area contributed by atoms with Crippen molar-refractivity contribution in [3.63, 3.8) is 0 Å². The molecule has 1 amide bonds. The van der Waals surface area contributed by atoms with Gasteiger partial charge in [0.25, 0.3) is 5.91 Å². The van der Waals surface area contributed by atoms with Crippen molar-refractivity contribution in [2.45, 2.75) is 25.9 Å². The van der Waals surface area contributed by atoms with Crippen LogP contribution in [0.1, 0.15) is 30.3 Å². The average Bonchev–Trinajstić information content (AvgIpc) is 2.97. The summed E-state index contributed by atoms with van der Waals surface area (Å²) in [6.07, 6.45) is -3.81. The molecule has 1 N–H and O–H groups in total. The first kappa shape index (κ1) is 16.7. The lowest BCUT2D eigenvalue weighted by atomic mass is 9.97. The van der Waals surface area contributed by atoms with Crippen LogP contribution in [0.15, 0.2) is 24.3 Å². The molecule has 0 aliphatic carbocycles. The van der Waals surface area contributed by atoms with Gasteiger partial charge in [-0.05, 0) is 38.0 Å². The Labute approximate surface area is 137 Å². The third kappa shape index (κ3) is 3.34. The number of carbonyl (C=O) groups excluding carboxylic acids is 1. The molecule has 0 unspecified atom stereocenters. The van der Waals surface area contributed by atoms with Crippen LogP contribution in [-0.2, 0) is 0 Å². The molecule has 4 nitrogen and oxygen atoms in total. The van der Waals surface area contributed by atoms with Crippen molar-refractivity contribution in [2.75, 3.05) is 19.7 Å². The van der Waals surface area contributed by atoms with E-state index in [1.165, 1.54) is 4.90 Å². The number of piperidine rings is 1. The van der Waals surface area contributed by atoms with Gasteiger partial charge in [0.1, 0.15) is 11.4 Å². The van der Waals surface area contributed by atoms with E-state index >= 15 is 0 Å². The van der Waals surface area contributed by atoms with E-state index in [9.17, 15) is 18.0 Å². The molecule has 1 aliphatic heterocycles. The van der Waals surface area contributed by atoms with Crippen LogP contribution in [0.5, 0.6) is 5.75 Å². The van der Waals surface area contributed by atoms with Gasteiger partial charge in [-0.3, -0.25) is 4.79 Å². The predicted octanol–water partition coefficient (Wildman–Crippen LogP) is 3.98. The molecule has 1 aliphatic rings. The van der Waals surface area contributed by atoms with E-state index in [2.05, 4.69) is 4.98 Å². The minimum absolute atomic E-state index is 0.0810. The average molecular weight is 340 g/mol. The Morgan fingerprint density at radius 3 is 2.88 bits per heavy atom. The first-order valence-corrected chi connectivity index (χ1v) is 8.00. The van der Waals surface area contributed by atoms with Gasteiger partial charge >= 0.3 is 6.18 Å². The van der Waals surface area contributed by atoms with E-state index in [1.54, 1.807) is 18.2 Å². The number of rotatable bonds is 3. The summed E-state index contributed by atoms with van der Waals surface area (Å²) in [5, 5.41) is 0.825. The van der Waals surface area contributed by atoms with E-state index < -0.39 is 18.0 Å². The highest BCUT2D eigenvalue weighted by atomic mass is 19.4. The van der Waals surface area contributed by atoms with E-state index in [1.807, 2.05) is 13.0 Å². The standard InChI is InChI=1S/C17H19F3N2O2/c1-2-24-13-6-5-11-8-15(21-14(11)9-13)16(23)22-7-3-4-12(10-22)17(18,19)20/h5-6,8-9,12,21H,2-4,7,10H2,1H3/t12-/m1/s1. The lowest BCUT2D eigenvalue weighted by Gasteiger charge is -2.33. The number of amides is 1. The highest BCUT2D eigenvalue weighted by molar-refractivity contribution is 5.98. The third-order valence-corrected chi connectivity index (χ3v) is 4.31. The molecule has 7 heteroatoms. The van der Waals surface area contributed by atoms with Crippen LogP contribution < -0.4 is 4.74 Å². The summed E-state index contributed by atoms with van der Waals surface area (Å²) in [7, 11) is 0. The van der Waals surface area contributed by atoms with Crippen LogP contribution in [0.2, 0.25) is 0 Å². The van der Waals surface area contributed by atoms with Gasteiger partial charge in [-0.25, -0.2) is 0 Å². The number of nitrogens with zero attached hydrogens (tertiary/aromatic N) is 1. The molecule has 2 aromatic rings. The summed E-state index contributed by atoms with van der Waals surface area (Å²) in [5.41, 5.74) is 1.04. The Bertz CT molecular complexity index is 739. The summed E-state index contributed by atoms with van der Waals surface area (Å²) in [5.74, 6) is -1.15. The number of benzene rings is 1. The van der Waals surface area contributed by atoms with Crippen LogP contribution >= 0.6 is 0 Å². The molecule has 0 spiro atoms. The maximum absolute atomic E-state index is 12.9. The number of aromatic nitrogens is 1. The summed E-state index contributed by atoms with van der Waals surface area (Å²) < 4.78 is 44.1. The van der Waals surface area contributed by atoms with Gasteiger partial charge in [-0.1, -0.05) is 0 Å². The molecular formula is C17H19F3N2O2. The van der Waals surface area contributed by atoms with Crippen molar-refractivity contribution in [3.8, 4) is 5.75 Å². The zero-order chi connectivity index (χ0) is 17.3. The highest BCUT2D eigenvalue weighted by Gasteiger charge is 2.42. The van der Waals surface area contributed by atoms with Crippen molar-refractivity contribution in [3.05, 3.63) is 30.0 Å². The maximum Gasteiger partial charge on any atom is 0.393 e. The fourth-order valence-electron chi connectivity index (χ4n) is 3.08. The number of hydrogen-bond donors (Lipinski definition) is 1. The lowest BCUT2D eigenvalue weighted by Crippen LogP contribution is -2.44. The first-order chi connectivity index (χ1) is 11.4. The fourth-order valence-corrected chi connectivity index (χ4v) is 3.08. The molecule has 0 radical (unpaired) electrons. The van der Waals surface area contributed by atoms with Gasteiger partial charge in [-0.15, -0.1) is 0 Å².